The Bertz CT molecular complexity index is 1700. The molecule has 0 bridgehead atoms. The van der Waals surface area contributed by atoms with E-state index in [2.05, 4.69) is 26.5 Å². The Kier molecular flexibility index (Phi) is 9.89. The van der Waals surface area contributed by atoms with E-state index in [0.29, 0.717) is 28.1 Å². The van der Waals surface area contributed by atoms with Gasteiger partial charge in [0.25, 0.3) is 21.6 Å². The van der Waals surface area contributed by atoms with E-state index in [-0.39, 0.29) is 16.3 Å². The molecular formula is C29H25BrN4O7S. The summed E-state index contributed by atoms with van der Waals surface area (Å²) in [6, 6.07) is 25.5. The van der Waals surface area contributed by atoms with Crippen molar-refractivity contribution >= 4 is 49.4 Å². The first-order chi connectivity index (χ1) is 20.2. The Morgan fingerprint density at radius 3 is 2.38 bits per heavy atom. The molecule has 216 valence electrons. The Hall–Kier alpha value is -4.75. The summed E-state index contributed by atoms with van der Waals surface area (Å²) >= 11 is 3.48. The van der Waals surface area contributed by atoms with Gasteiger partial charge in [0.05, 0.1) is 33.3 Å². The van der Waals surface area contributed by atoms with E-state index >= 15 is 0 Å². The number of non-ortho nitro benzene ring substituents is 1. The van der Waals surface area contributed by atoms with Crippen LogP contribution in [-0.4, -0.2) is 39.1 Å². The maximum Gasteiger partial charge on any atom is 0.271 e. The molecule has 0 unspecified atom stereocenters. The number of nitro groups is 1. The number of carbonyl (C=O) groups is 1. The molecule has 0 atom stereocenters. The van der Waals surface area contributed by atoms with Gasteiger partial charge in [-0.25, -0.2) is 13.8 Å². The van der Waals surface area contributed by atoms with Crippen molar-refractivity contribution in [3.05, 3.63) is 123 Å². The number of hydrogen-bond acceptors (Lipinski definition) is 8. The molecule has 13 heteroatoms. The fraction of sp³-hybridized carbons (Fsp3) is 0.103. The number of methoxy groups -OCH3 is 1. The second-order valence-corrected chi connectivity index (χ2v) is 11.4. The van der Waals surface area contributed by atoms with Crippen molar-refractivity contribution in [2.75, 3.05) is 18.0 Å². The molecule has 0 spiro atoms. The number of anilines is 1. The largest absolute Gasteiger partial charge is 0.493 e. The van der Waals surface area contributed by atoms with Crippen molar-refractivity contribution < 1.29 is 27.6 Å². The van der Waals surface area contributed by atoms with Gasteiger partial charge in [0.2, 0.25) is 0 Å². The number of amides is 1. The van der Waals surface area contributed by atoms with Crippen molar-refractivity contribution in [3.63, 3.8) is 0 Å². The number of sulfonamides is 1. The normalized spacial score (nSPS) is 11.2. The van der Waals surface area contributed by atoms with Gasteiger partial charge >= 0.3 is 0 Å². The molecule has 0 aromatic heterocycles. The highest BCUT2D eigenvalue weighted by Gasteiger charge is 2.28. The van der Waals surface area contributed by atoms with Gasteiger partial charge in [0, 0.05) is 12.1 Å². The molecule has 11 nitrogen and oxygen atoms in total. The van der Waals surface area contributed by atoms with Gasteiger partial charge < -0.3 is 9.47 Å². The van der Waals surface area contributed by atoms with Crippen LogP contribution in [0.4, 0.5) is 11.4 Å². The lowest BCUT2D eigenvalue weighted by atomic mass is 10.2. The zero-order valence-electron chi connectivity index (χ0n) is 22.2. The van der Waals surface area contributed by atoms with Crippen LogP contribution in [0.25, 0.3) is 0 Å². The monoisotopic (exact) mass is 652 g/mol. The fourth-order valence-corrected chi connectivity index (χ4v) is 5.83. The van der Waals surface area contributed by atoms with Gasteiger partial charge in [0.1, 0.15) is 13.2 Å². The quantitative estimate of drug-likeness (QED) is 0.125. The van der Waals surface area contributed by atoms with E-state index in [4.69, 9.17) is 9.47 Å². The molecule has 0 fully saturated rings. The summed E-state index contributed by atoms with van der Waals surface area (Å²) < 4.78 is 39.6. The zero-order chi connectivity index (χ0) is 30.1. The Balaban J connectivity index is 1.51. The molecule has 4 aromatic carbocycles. The summed E-state index contributed by atoms with van der Waals surface area (Å²) in [5.74, 6) is 0.145. The average molecular weight is 654 g/mol. The number of ether oxygens (including phenoxy) is 2. The number of carbonyl (C=O) groups excluding carboxylic acids is 1. The Morgan fingerprint density at radius 2 is 1.71 bits per heavy atom. The van der Waals surface area contributed by atoms with E-state index in [0.717, 1.165) is 15.9 Å². The molecular weight excluding hydrogens is 628 g/mol. The van der Waals surface area contributed by atoms with Crippen molar-refractivity contribution in [2.45, 2.75) is 11.5 Å². The second kappa shape index (κ2) is 13.7. The SMILES string of the molecule is COc1cc(/C=N\NC(=O)CN(c2cccc([N+](=O)[O-])c2)S(=O)(=O)c2ccccc2)cc(Br)c1OCc1ccccc1. The molecule has 1 N–H and O–H groups in total. The van der Waals surface area contributed by atoms with Gasteiger partial charge in [-0.3, -0.25) is 19.2 Å². The van der Waals surface area contributed by atoms with Crippen LogP contribution in [0.1, 0.15) is 11.1 Å². The van der Waals surface area contributed by atoms with Crippen LogP contribution in [0, 0.1) is 10.1 Å². The average Bonchev–Trinajstić information content (AvgIpc) is 3.00. The summed E-state index contributed by atoms with van der Waals surface area (Å²) in [4.78, 5) is 23.4. The van der Waals surface area contributed by atoms with Crippen LogP contribution in [0.2, 0.25) is 0 Å². The minimum Gasteiger partial charge on any atom is -0.493 e. The second-order valence-electron chi connectivity index (χ2n) is 8.70. The van der Waals surface area contributed by atoms with Gasteiger partial charge in [-0.15, -0.1) is 0 Å². The number of nitro benzene ring substituents is 1. The molecule has 0 aliphatic carbocycles. The maximum atomic E-state index is 13.4. The smallest absolute Gasteiger partial charge is 0.271 e. The molecule has 4 aromatic rings. The maximum absolute atomic E-state index is 13.4. The number of hydrazone groups is 1. The third kappa shape index (κ3) is 7.50. The topological polar surface area (TPSA) is 140 Å². The number of halogens is 1. The standard InChI is InChI=1S/C29H25BrN4O7S/c1-40-27-16-22(15-26(30)29(27)41-20-21-9-4-2-5-10-21)18-31-32-28(35)19-33(23-11-8-12-24(17-23)34(36)37)42(38,39)25-13-6-3-7-14-25/h2-18H,19-20H2,1H3,(H,32,35)/b31-18-. The highest BCUT2D eigenvalue weighted by Crippen LogP contribution is 2.37. The summed E-state index contributed by atoms with van der Waals surface area (Å²) in [6.45, 7) is -0.360. The van der Waals surface area contributed by atoms with Crippen molar-refractivity contribution in [1.82, 2.24) is 5.43 Å². The van der Waals surface area contributed by atoms with Gasteiger partial charge in [0.15, 0.2) is 11.5 Å². The molecule has 0 radical (unpaired) electrons. The van der Waals surface area contributed by atoms with Crippen LogP contribution >= 0.6 is 15.9 Å². The first-order valence-electron chi connectivity index (χ1n) is 12.4. The highest BCUT2D eigenvalue weighted by atomic mass is 79.9. The predicted octanol–water partition coefficient (Wildman–Crippen LogP) is 5.29. The zero-order valence-corrected chi connectivity index (χ0v) is 24.6. The number of rotatable bonds is 12. The van der Waals surface area contributed by atoms with Crippen LogP contribution in [0.5, 0.6) is 11.5 Å². The first-order valence-corrected chi connectivity index (χ1v) is 14.6. The summed E-state index contributed by atoms with van der Waals surface area (Å²) in [6.07, 6.45) is 1.36. The summed E-state index contributed by atoms with van der Waals surface area (Å²) in [7, 11) is -2.76. The predicted molar refractivity (Wildman–Crippen MR) is 161 cm³/mol. The summed E-state index contributed by atoms with van der Waals surface area (Å²) in [5, 5.41) is 15.3. The van der Waals surface area contributed by atoms with Gasteiger partial charge in [-0.2, -0.15) is 5.10 Å². The molecule has 0 saturated heterocycles. The van der Waals surface area contributed by atoms with Crippen molar-refractivity contribution in [3.8, 4) is 11.5 Å². The molecule has 0 aliphatic rings. The number of hydrogen-bond donors (Lipinski definition) is 1. The number of benzene rings is 4. The molecule has 42 heavy (non-hydrogen) atoms. The van der Waals surface area contributed by atoms with Crippen LogP contribution in [0.15, 0.2) is 112 Å². The van der Waals surface area contributed by atoms with Crippen LogP contribution in [-0.2, 0) is 21.4 Å². The lowest BCUT2D eigenvalue weighted by Crippen LogP contribution is -2.39. The molecule has 0 aliphatic heterocycles. The molecule has 1 amide bonds. The van der Waals surface area contributed by atoms with E-state index in [1.54, 1.807) is 18.2 Å². The number of nitrogens with one attached hydrogen (secondary N) is 1. The Morgan fingerprint density at radius 1 is 1.02 bits per heavy atom. The first kappa shape index (κ1) is 30.2. The molecule has 0 saturated carbocycles. The van der Waals surface area contributed by atoms with Gasteiger partial charge in [-0.05, 0) is 57.4 Å². The van der Waals surface area contributed by atoms with Crippen molar-refractivity contribution in [1.29, 1.82) is 0 Å². The van der Waals surface area contributed by atoms with E-state index in [1.165, 1.54) is 55.8 Å². The fourth-order valence-electron chi connectivity index (χ4n) is 3.83. The van der Waals surface area contributed by atoms with Crippen LogP contribution < -0.4 is 19.2 Å². The third-order valence-corrected chi connectivity index (χ3v) is 8.20. The van der Waals surface area contributed by atoms with Gasteiger partial charge in [-0.1, -0.05) is 54.6 Å². The minimum atomic E-state index is -4.25. The Labute approximate surface area is 250 Å². The van der Waals surface area contributed by atoms with E-state index < -0.39 is 27.4 Å². The lowest BCUT2D eigenvalue weighted by molar-refractivity contribution is -0.384. The minimum absolute atomic E-state index is 0.0491. The summed E-state index contributed by atoms with van der Waals surface area (Å²) in [5.41, 5.74) is 3.47. The number of nitrogens with zero attached hydrogens (tertiary/aromatic N) is 3. The lowest BCUT2D eigenvalue weighted by Gasteiger charge is -2.23. The highest BCUT2D eigenvalue weighted by molar-refractivity contribution is 9.10. The third-order valence-electron chi connectivity index (χ3n) is 5.83. The molecule has 0 heterocycles. The molecule has 4 rings (SSSR count). The van der Waals surface area contributed by atoms with Crippen molar-refractivity contribution in [2.24, 2.45) is 5.10 Å². The van der Waals surface area contributed by atoms with E-state index in [9.17, 15) is 23.3 Å². The van der Waals surface area contributed by atoms with E-state index in [1.807, 2.05) is 30.3 Å². The van der Waals surface area contributed by atoms with Crippen LogP contribution in [0.3, 0.4) is 0 Å².